The number of unbranched alkanes of at least 4 members (excludes halogenated alkanes) is 1. The number of carbonyl (C=O) groups excluding carboxylic acids is 5. The molecule has 1 aliphatic heterocycles. The van der Waals surface area contributed by atoms with Crippen LogP contribution in [-0.4, -0.2) is 80.6 Å². The molecule has 1 aliphatic rings. The van der Waals surface area contributed by atoms with Gasteiger partial charge in [-0.1, -0.05) is 53.5 Å². The van der Waals surface area contributed by atoms with E-state index in [1.54, 1.807) is 4.90 Å². The van der Waals surface area contributed by atoms with Crippen LogP contribution in [0.5, 0.6) is 0 Å². The van der Waals surface area contributed by atoms with E-state index in [0.717, 1.165) is 13.0 Å². The SMILES string of the molecule is C#CCCC(C)NC(=O)C1CCCN1C(=O)C(NC(=O)NC)C(C)(C)C.C=CCNC.CCCC.O=CC=O. The molecule has 1 rings (SSSR count). The number of likely N-dealkylation sites (N-methyl/N-ethyl adjacent to an activating group) is 1. The van der Waals surface area contributed by atoms with Crippen LogP contribution in [0.25, 0.3) is 0 Å². The summed E-state index contributed by atoms with van der Waals surface area (Å²) in [5, 5.41) is 11.0. The van der Waals surface area contributed by atoms with Gasteiger partial charge in [-0.3, -0.25) is 19.2 Å². The van der Waals surface area contributed by atoms with Gasteiger partial charge in [0.1, 0.15) is 12.1 Å². The van der Waals surface area contributed by atoms with Crippen LogP contribution in [0.15, 0.2) is 12.7 Å². The zero-order valence-corrected chi connectivity index (χ0v) is 25.4. The fraction of sp³-hybridized carbons (Fsp3) is 0.690. The number of carbonyl (C=O) groups is 5. The van der Waals surface area contributed by atoms with Gasteiger partial charge in [0.15, 0.2) is 12.6 Å². The average Bonchev–Trinajstić information content (AvgIpc) is 3.41. The predicted molar refractivity (Wildman–Crippen MR) is 158 cm³/mol. The second kappa shape index (κ2) is 25.1. The molecule has 10 heteroatoms. The monoisotopic (exact) mass is 551 g/mol. The minimum absolute atomic E-state index is 0.0430. The van der Waals surface area contributed by atoms with E-state index in [0.29, 0.717) is 25.8 Å². The molecule has 224 valence electrons. The molecule has 1 fully saturated rings. The number of nitrogens with one attached hydrogen (secondary N) is 4. The topological polar surface area (TPSA) is 137 Å². The van der Waals surface area contributed by atoms with Crippen LogP contribution < -0.4 is 21.3 Å². The van der Waals surface area contributed by atoms with Gasteiger partial charge in [-0.05, 0) is 38.6 Å². The molecule has 39 heavy (non-hydrogen) atoms. The van der Waals surface area contributed by atoms with Crippen LogP contribution in [0.4, 0.5) is 4.79 Å². The Morgan fingerprint density at radius 3 is 2.03 bits per heavy atom. The number of nitrogens with zero attached hydrogens (tertiary/aromatic N) is 1. The summed E-state index contributed by atoms with van der Waals surface area (Å²) in [5.74, 6) is 2.18. The molecule has 0 saturated carbocycles. The van der Waals surface area contributed by atoms with Crippen molar-refractivity contribution >= 4 is 30.4 Å². The van der Waals surface area contributed by atoms with Crippen LogP contribution in [0.3, 0.4) is 0 Å². The lowest BCUT2D eigenvalue weighted by Gasteiger charge is -2.35. The van der Waals surface area contributed by atoms with E-state index in [9.17, 15) is 14.4 Å². The Balaban J connectivity index is -0.000000824. The van der Waals surface area contributed by atoms with Crippen LogP contribution >= 0.6 is 0 Å². The van der Waals surface area contributed by atoms with Crippen molar-refractivity contribution in [2.24, 2.45) is 5.41 Å². The second-order valence-corrected chi connectivity index (χ2v) is 9.98. The third-order valence-corrected chi connectivity index (χ3v) is 5.47. The van der Waals surface area contributed by atoms with Crippen molar-refractivity contribution < 1.29 is 24.0 Å². The minimum Gasteiger partial charge on any atom is -0.352 e. The molecule has 1 saturated heterocycles. The average molecular weight is 552 g/mol. The number of hydrogen-bond donors (Lipinski definition) is 4. The Bertz CT molecular complexity index is 750. The first kappa shape index (κ1) is 40.3. The molecule has 0 bridgehead atoms. The summed E-state index contributed by atoms with van der Waals surface area (Å²) >= 11 is 0. The lowest BCUT2D eigenvalue weighted by Crippen LogP contribution is -2.59. The molecule has 1 heterocycles. The van der Waals surface area contributed by atoms with E-state index in [1.807, 2.05) is 40.8 Å². The van der Waals surface area contributed by atoms with Crippen molar-refractivity contribution in [3.05, 3.63) is 12.7 Å². The summed E-state index contributed by atoms with van der Waals surface area (Å²) < 4.78 is 0. The molecule has 4 N–H and O–H groups in total. The van der Waals surface area contributed by atoms with Crippen LogP contribution in [0, 0.1) is 17.8 Å². The zero-order chi connectivity index (χ0) is 30.9. The number of terminal acetylenes is 1. The molecule has 4 amide bonds. The highest BCUT2D eigenvalue weighted by Gasteiger charge is 2.41. The summed E-state index contributed by atoms with van der Waals surface area (Å²) in [6.45, 7) is 16.8. The maximum absolute atomic E-state index is 13.1. The standard InChI is InChI=1S/C19H32N4O3.C4H9N.C4H10.C2H2O2/c1-7-8-10-13(2)21-16(24)14-11-9-12-23(14)17(25)15(19(3,4)5)22-18(26)20-6;1-3-4-5-2;1-3-4-2;3-1-2-4/h1,13-15H,8-12H2,2-6H3,(H,21,24)(H2,20,22,26);3,5H,1,4H2,2H3;3-4H2,1-2H3;1-2H. The normalized spacial score (nSPS) is 15.1. The lowest BCUT2D eigenvalue weighted by molar-refractivity contribution is -0.142. The Kier molecular flexibility index (Phi) is 26.0. The van der Waals surface area contributed by atoms with E-state index in [4.69, 9.17) is 16.0 Å². The largest absolute Gasteiger partial charge is 0.352 e. The molecule has 0 spiro atoms. The van der Waals surface area contributed by atoms with Gasteiger partial charge in [-0.25, -0.2) is 4.79 Å². The van der Waals surface area contributed by atoms with Crippen molar-refractivity contribution in [1.29, 1.82) is 0 Å². The molecule has 0 aliphatic carbocycles. The number of urea groups is 1. The van der Waals surface area contributed by atoms with E-state index in [2.05, 4.69) is 47.6 Å². The maximum Gasteiger partial charge on any atom is 0.315 e. The summed E-state index contributed by atoms with van der Waals surface area (Å²) in [6.07, 6.45) is 12.8. The Morgan fingerprint density at radius 1 is 1.10 bits per heavy atom. The van der Waals surface area contributed by atoms with Crippen molar-refractivity contribution in [3.63, 3.8) is 0 Å². The zero-order valence-electron chi connectivity index (χ0n) is 25.4. The van der Waals surface area contributed by atoms with E-state index >= 15 is 0 Å². The Hall–Kier alpha value is -3.19. The minimum atomic E-state index is -0.713. The van der Waals surface area contributed by atoms with Crippen LogP contribution in [0.2, 0.25) is 0 Å². The predicted octanol–water partition coefficient (Wildman–Crippen LogP) is 2.82. The first-order valence-electron chi connectivity index (χ1n) is 13.5. The molecule has 3 unspecified atom stereocenters. The Morgan fingerprint density at radius 2 is 1.67 bits per heavy atom. The summed E-state index contributed by atoms with van der Waals surface area (Å²) in [6, 6.07) is -1.68. The van der Waals surface area contributed by atoms with Gasteiger partial charge in [-0.15, -0.1) is 18.9 Å². The highest BCUT2D eigenvalue weighted by molar-refractivity contribution is 6.09. The molecule has 0 radical (unpaired) electrons. The molecular weight excluding hydrogens is 498 g/mol. The second-order valence-electron chi connectivity index (χ2n) is 9.98. The summed E-state index contributed by atoms with van der Waals surface area (Å²) in [7, 11) is 3.39. The maximum atomic E-state index is 13.1. The van der Waals surface area contributed by atoms with Gasteiger partial charge in [0, 0.05) is 32.6 Å². The smallest absolute Gasteiger partial charge is 0.315 e. The number of likely N-dealkylation sites (tertiary alicyclic amines) is 1. The van der Waals surface area contributed by atoms with Crippen molar-refractivity contribution in [2.75, 3.05) is 27.2 Å². The highest BCUT2D eigenvalue weighted by Crippen LogP contribution is 2.26. The molecule has 0 aromatic carbocycles. The Labute approximate surface area is 236 Å². The first-order valence-corrected chi connectivity index (χ1v) is 13.5. The van der Waals surface area contributed by atoms with Gasteiger partial charge in [-0.2, -0.15) is 0 Å². The first-order chi connectivity index (χ1) is 18.4. The lowest BCUT2D eigenvalue weighted by atomic mass is 9.85. The van der Waals surface area contributed by atoms with Crippen molar-refractivity contribution in [2.45, 2.75) is 98.2 Å². The molecule has 3 atom stereocenters. The molecule has 0 aromatic heterocycles. The van der Waals surface area contributed by atoms with Crippen LogP contribution in [-0.2, 0) is 19.2 Å². The van der Waals surface area contributed by atoms with E-state index in [-0.39, 0.29) is 30.4 Å². The fourth-order valence-corrected chi connectivity index (χ4v) is 3.18. The summed E-state index contributed by atoms with van der Waals surface area (Å²) in [5.41, 5.74) is -0.479. The fourth-order valence-electron chi connectivity index (χ4n) is 3.18. The molecular formula is C29H53N5O5. The van der Waals surface area contributed by atoms with Gasteiger partial charge in [0.25, 0.3) is 0 Å². The third kappa shape index (κ3) is 20.4. The molecule has 0 aromatic rings. The van der Waals surface area contributed by atoms with E-state index in [1.165, 1.54) is 19.9 Å². The van der Waals surface area contributed by atoms with Crippen molar-refractivity contribution in [1.82, 2.24) is 26.2 Å². The number of hydrogen-bond acceptors (Lipinski definition) is 6. The van der Waals surface area contributed by atoms with Crippen LogP contribution in [0.1, 0.15) is 80.1 Å². The van der Waals surface area contributed by atoms with Gasteiger partial charge in [0.2, 0.25) is 11.8 Å². The quantitative estimate of drug-likeness (QED) is 0.143. The highest BCUT2D eigenvalue weighted by atomic mass is 16.2. The van der Waals surface area contributed by atoms with Gasteiger partial charge in [0.05, 0.1) is 0 Å². The number of aldehydes is 2. The number of amides is 4. The molecule has 10 nitrogen and oxygen atoms in total. The van der Waals surface area contributed by atoms with Gasteiger partial charge >= 0.3 is 6.03 Å². The summed E-state index contributed by atoms with van der Waals surface area (Å²) in [4.78, 5) is 56.7. The third-order valence-electron chi connectivity index (χ3n) is 5.47. The van der Waals surface area contributed by atoms with Crippen molar-refractivity contribution in [3.8, 4) is 12.3 Å². The van der Waals surface area contributed by atoms with Gasteiger partial charge < -0.3 is 26.2 Å². The number of rotatable bonds is 10. The van der Waals surface area contributed by atoms with E-state index < -0.39 is 23.5 Å².